The van der Waals surface area contributed by atoms with Crippen molar-refractivity contribution < 1.29 is 26.2 Å². The summed E-state index contributed by atoms with van der Waals surface area (Å²) in [4.78, 5) is 12.0. The van der Waals surface area contributed by atoms with Crippen molar-refractivity contribution in [1.82, 2.24) is 0 Å². The SMILES string of the molecule is CCCCC(=O)c1ccc(-c2ccc(Cc3ccc4c(S(=O)(=O)O)cc(S(C)(=O)=O)c(C)c4c3C)c(C)c2)cc1C. The van der Waals surface area contributed by atoms with Crippen LogP contribution < -0.4 is 0 Å². The quantitative estimate of drug-likeness (QED) is 0.161. The van der Waals surface area contributed by atoms with E-state index in [0.29, 0.717) is 23.8 Å². The summed E-state index contributed by atoms with van der Waals surface area (Å²) in [6.45, 7) is 9.59. The van der Waals surface area contributed by atoms with Crippen molar-refractivity contribution in [2.24, 2.45) is 0 Å². The van der Waals surface area contributed by atoms with Gasteiger partial charge in [0, 0.05) is 23.6 Å². The van der Waals surface area contributed by atoms with Crippen LogP contribution in [0, 0.1) is 27.7 Å². The zero-order valence-electron chi connectivity index (χ0n) is 24.3. The zero-order valence-corrected chi connectivity index (χ0v) is 26.0. The lowest BCUT2D eigenvalue weighted by Gasteiger charge is -2.17. The summed E-state index contributed by atoms with van der Waals surface area (Å²) in [5.41, 5.74) is 8.10. The molecule has 216 valence electrons. The van der Waals surface area contributed by atoms with Crippen molar-refractivity contribution in [2.45, 2.75) is 70.1 Å². The van der Waals surface area contributed by atoms with E-state index in [1.54, 1.807) is 13.0 Å². The first kappa shape index (κ1) is 30.6. The number of fused-ring (bicyclic) bond motifs is 1. The highest BCUT2D eigenvalue weighted by atomic mass is 32.2. The van der Waals surface area contributed by atoms with Crippen LogP contribution in [0.3, 0.4) is 0 Å². The second-order valence-corrected chi connectivity index (χ2v) is 14.3. The van der Waals surface area contributed by atoms with Crippen LogP contribution in [0.15, 0.2) is 64.4 Å². The van der Waals surface area contributed by atoms with E-state index in [9.17, 15) is 26.2 Å². The lowest BCUT2D eigenvalue weighted by molar-refractivity contribution is 0.0979. The lowest BCUT2D eigenvalue weighted by Crippen LogP contribution is -2.08. The minimum atomic E-state index is -4.65. The van der Waals surface area contributed by atoms with Gasteiger partial charge >= 0.3 is 0 Å². The maximum atomic E-state index is 12.5. The average Bonchev–Trinajstić information content (AvgIpc) is 2.88. The lowest BCUT2D eigenvalue weighted by atomic mass is 9.90. The molecule has 0 radical (unpaired) electrons. The molecular weight excluding hydrogens is 556 g/mol. The highest BCUT2D eigenvalue weighted by Crippen LogP contribution is 2.36. The van der Waals surface area contributed by atoms with Crippen molar-refractivity contribution in [3.63, 3.8) is 0 Å². The predicted molar refractivity (Wildman–Crippen MR) is 164 cm³/mol. The van der Waals surface area contributed by atoms with Crippen molar-refractivity contribution in [2.75, 3.05) is 6.26 Å². The molecule has 0 aromatic heterocycles. The van der Waals surface area contributed by atoms with Gasteiger partial charge in [-0.2, -0.15) is 8.42 Å². The molecule has 0 saturated heterocycles. The van der Waals surface area contributed by atoms with E-state index < -0.39 is 24.9 Å². The van der Waals surface area contributed by atoms with Crippen LogP contribution in [-0.4, -0.2) is 33.4 Å². The molecule has 0 heterocycles. The second-order valence-electron chi connectivity index (χ2n) is 10.9. The van der Waals surface area contributed by atoms with Gasteiger partial charge in [-0.25, -0.2) is 8.42 Å². The van der Waals surface area contributed by atoms with Gasteiger partial charge in [0.2, 0.25) is 0 Å². The average molecular weight is 593 g/mol. The third-order valence-electron chi connectivity index (χ3n) is 7.87. The number of sulfone groups is 1. The Morgan fingerprint density at radius 1 is 0.756 bits per heavy atom. The molecule has 41 heavy (non-hydrogen) atoms. The molecule has 0 aliphatic carbocycles. The first-order chi connectivity index (χ1) is 19.1. The standard InChI is InChI=1S/C33H36O6S2/c1-7-8-9-30(34)28-14-13-27(17-21(28)3)26-11-10-24(20(2)16-26)18-25-12-15-29-32(41(37,38)39)19-31(40(6,35)36)23(5)33(29)22(25)4/h10-17,19H,7-9,18H2,1-6H3,(H,37,38,39). The predicted octanol–water partition coefficient (Wildman–Crippen LogP) is 7.35. The third kappa shape index (κ3) is 6.30. The summed E-state index contributed by atoms with van der Waals surface area (Å²) in [5.74, 6) is 0.177. The van der Waals surface area contributed by atoms with E-state index in [1.807, 2.05) is 39.0 Å². The van der Waals surface area contributed by atoms with Crippen molar-refractivity contribution in [3.05, 3.63) is 93.5 Å². The first-order valence-electron chi connectivity index (χ1n) is 13.6. The Labute approximate surface area is 243 Å². The van der Waals surface area contributed by atoms with Crippen LogP contribution in [0.5, 0.6) is 0 Å². The number of Topliss-reactive ketones (excluding diaryl/α,β-unsaturated/α-hetero) is 1. The van der Waals surface area contributed by atoms with Gasteiger partial charge < -0.3 is 0 Å². The highest BCUT2D eigenvalue weighted by molar-refractivity contribution is 7.91. The van der Waals surface area contributed by atoms with E-state index in [0.717, 1.165) is 69.7 Å². The molecule has 6 nitrogen and oxygen atoms in total. The molecule has 0 aliphatic heterocycles. The number of benzene rings is 4. The molecule has 0 fully saturated rings. The minimum absolute atomic E-state index is 0.119. The smallest absolute Gasteiger partial charge is 0.294 e. The van der Waals surface area contributed by atoms with Crippen LogP contribution in [0.4, 0.5) is 0 Å². The van der Waals surface area contributed by atoms with Crippen LogP contribution in [0.1, 0.15) is 69.9 Å². The fourth-order valence-corrected chi connectivity index (χ4v) is 7.35. The Morgan fingerprint density at radius 2 is 1.37 bits per heavy atom. The van der Waals surface area contributed by atoms with Gasteiger partial charge in [-0.1, -0.05) is 61.9 Å². The molecule has 0 aliphatic rings. The fourth-order valence-electron chi connectivity index (χ4n) is 5.57. The van der Waals surface area contributed by atoms with Gasteiger partial charge in [-0.05, 0) is 96.5 Å². The minimum Gasteiger partial charge on any atom is -0.294 e. The summed E-state index contributed by atoms with van der Waals surface area (Å²) in [5, 5.41) is 0.800. The van der Waals surface area contributed by atoms with Crippen LogP contribution >= 0.6 is 0 Å². The summed E-state index contributed by atoms with van der Waals surface area (Å²) < 4.78 is 59.2. The molecule has 0 atom stereocenters. The van der Waals surface area contributed by atoms with E-state index in [4.69, 9.17) is 0 Å². The van der Waals surface area contributed by atoms with Gasteiger partial charge in [0.05, 0.1) is 4.90 Å². The van der Waals surface area contributed by atoms with Crippen LogP contribution in [-0.2, 0) is 26.4 Å². The monoisotopic (exact) mass is 592 g/mol. The molecule has 0 amide bonds. The zero-order chi connectivity index (χ0) is 30.3. The number of unbranched alkanes of at least 4 members (excludes halogenated alkanes) is 1. The van der Waals surface area contributed by atoms with E-state index in [1.165, 1.54) is 0 Å². The van der Waals surface area contributed by atoms with Gasteiger partial charge in [-0.15, -0.1) is 0 Å². The normalized spacial score (nSPS) is 12.2. The molecule has 4 aromatic carbocycles. The largest absolute Gasteiger partial charge is 0.295 e. The number of hydrogen-bond donors (Lipinski definition) is 1. The fraction of sp³-hybridized carbons (Fsp3) is 0.303. The number of rotatable bonds is 9. The summed E-state index contributed by atoms with van der Waals surface area (Å²) in [7, 11) is -8.40. The molecular formula is C33H36O6S2. The summed E-state index contributed by atoms with van der Waals surface area (Å²) in [6, 6.07) is 16.7. The maximum Gasteiger partial charge on any atom is 0.295 e. The van der Waals surface area contributed by atoms with Crippen molar-refractivity contribution >= 4 is 36.5 Å². The summed E-state index contributed by atoms with van der Waals surface area (Å²) >= 11 is 0. The topological polar surface area (TPSA) is 106 Å². The molecule has 4 rings (SSSR count). The number of aryl methyl sites for hydroxylation is 4. The first-order valence-corrected chi connectivity index (χ1v) is 16.9. The van der Waals surface area contributed by atoms with Gasteiger partial charge in [0.1, 0.15) is 4.90 Å². The molecule has 4 aromatic rings. The van der Waals surface area contributed by atoms with Crippen LogP contribution in [0.2, 0.25) is 0 Å². The summed E-state index contributed by atoms with van der Waals surface area (Å²) in [6.07, 6.45) is 4.02. The van der Waals surface area contributed by atoms with Gasteiger partial charge in [0.25, 0.3) is 10.1 Å². The molecule has 0 saturated carbocycles. The molecule has 0 bridgehead atoms. The Balaban J connectivity index is 1.73. The third-order valence-corrected chi connectivity index (χ3v) is 9.98. The second kappa shape index (κ2) is 11.5. The molecule has 1 N–H and O–H groups in total. The van der Waals surface area contributed by atoms with Gasteiger partial charge in [-0.3, -0.25) is 9.35 Å². The Morgan fingerprint density at radius 3 is 1.93 bits per heavy atom. The number of ketones is 1. The number of carbonyl (C=O) groups is 1. The number of hydrogen-bond acceptors (Lipinski definition) is 5. The van der Waals surface area contributed by atoms with E-state index in [2.05, 4.69) is 31.2 Å². The van der Waals surface area contributed by atoms with Crippen molar-refractivity contribution in [1.29, 1.82) is 0 Å². The number of carbonyl (C=O) groups excluding carboxylic acids is 1. The van der Waals surface area contributed by atoms with E-state index >= 15 is 0 Å². The van der Waals surface area contributed by atoms with Crippen LogP contribution in [0.25, 0.3) is 21.9 Å². The Kier molecular flexibility index (Phi) is 8.60. The molecule has 0 spiro atoms. The maximum absolute atomic E-state index is 12.5. The van der Waals surface area contributed by atoms with Gasteiger partial charge in [0.15, 0.2) is 15.6 Å². The van der Waals surface area contributed by atoms with E-state index in [-0.39, 0.29) is 16.1 Å². The van der Waals surface area contributed by atoms with Crippen molar-refractivity contribution in [3.8, 4) is 11.1 Å². The molecule has 8 heteroatoms. The Bertz CT molecular complexity index is 1900. The molecule has 0 unspecified atom stereocenters. The Hall–Kier alpha value is -3.33. The highest BCUT2D eigenvalue weighted by Gasteiger charge is 2.24.